The first-order valence-corrected chi connectivity index (χ1v) is 5.96. The molecular formula is C11H19N3O6. The van der Waals surface area contributed by atoms with E-state index in [1.807, 2.05) is 0 Å². The van der Waals surface area contributed by atoms with Gasteiger partial charge in [0.2, 0.25) is 11.8 Å². The molecule has 0 aliphatic heterocycles. The molecule has 0 fully saturated rings. The number of primary amides is 1. The Bertz CT molecular complexity index is 371. The third-order valence-corrected chi connectivity index (χ3v) is 2.09. The van der Waals surface area contributed by atoms with Crippen molar-refractivity contribution in [1.82, 2.24) is 10.6 Å². The quantitative estimate of drug-likeness (QED) is 0.392. The van der Waals surface area contributed by atoms with Gasteiger partial charge < -0.3 is 20.9 Å². The Balaban J connectivity index is 3.72. The van der Waals surface area contributed by atoms with Crippen LogP contribution in [0.3, 0.4) is 0 Å². The number of carbonyl (C=O) groups excluding carboxylic acids is 3. The number of urea groups is 1. The molecule has 0 aliphatic carbocycles. The summed E-state index contributed by atoms with van der Waals surface area (Å²) in [7, 11) is 0. The zero-order valence-electron chi connectivity index (χ0n) is 11.2. The number of nitrogens with one attached hydrogen (secondary N) is 2. The summed E-state index contributed by atoms with van der Waals surface area (Å²) < 4.78 is 4.79. The Morgan fingerprint density at radius 2 is 1.90 bits per heavy atom. The third kappa shape index (κ3) is 11.0. The number of amides is 4. The number of nitrogens with two attached hydrogens (primary N) is 1. The zero-order chi connectivity index (χ0) is 15.5. The van der Waals surface area contributed by atoms with Gasteiger partial charge in [0, 0.05) is 19.4 Å². The third-order valence-electron chi connectivity index (χ3n) is 2.09. The second kappa shape index (κ2) is 9.73. The van der Waals surface area contributed by atoms with Gasteiger partial charge >= 0.3 is 12.0 Å². The molecule has 0 saturated heterocycles. The summed E-state index contributed by atoms with van der Waals surface area (Å²) >= 11 is 0. The van der Waals surface area contributed by atoms with Crippen LogP contribution in [0, 0.1) is 5.92 Å². The van der Waals surface area contributed by atoms with E-state index in [1.54, 1.807) is 6.92 Å². The fraction of sp³-hybridized carbons (Fsp3) is 0.636. The van der Waals surface area contributed by atoms with Crippen LogP contribution in [-0.2, 0) is 19.1 Å². The van der Waals surface area contributed by atoms with Gasteiger partial charge in [-0.15, -0.1) is 0 Å². The molecule has 0 aromatic carbocycles. The van der Waals surface area contributed by atoms with Crippen LogP contribution in [0.4, 0.5) is 4.79 Å². The van der Waals surface area contributed by atoms with Crippen LogP contribution in [0.25, 0.3) is 0 Å². The molecule has 0 aromatic rings. The van der Waals surface area contributed by atoms with Crippen molar-refractivity contribution in [2.45, 2.75) is 19.8 Å². The summed E-state index contributed by atoms with van der Waals surface area (Å²) in [4.78, 5) is 43.4. The number of hydrogen-bond acceptors (Lipinski definition) is 5. The van der Waals surface area contributed by atoms with Crippen molar-refractivity contribution in [3.8, 4) is 0 Å². The van der Waals surface area contributed by atoms with Gasteiger partial charge in [-0.25, -0.2) is 4.79 Å². The molecule has 0 saturated carbocycles. The van der Waals surface area contributed by atoms with Crippen LogP contribution in [-0.4, -0.2) is 48.7 Å². The van der Waals surface area contributed by atoms with Crippen molar-refractivity contribution in [3.05, 3.63) is 0 Å². The topological polar surface area (TPSA) is 148 Å². The minimum Gasteiger partial charge on any atom is -0.481 e. The highest BCUT2D eigenvalue weighted by atomic mass is 16.5. The van der Waals surface area contributed by atoms with Crippen LogP contribution in [0.2, 0.25) is 0 Å². The lowest BCUT2D eigenvalue weighted by atomic mass is 10.0. The van der Waals surface area contributed by atoms with Crippen molar-refractivity contribution in [1.29, 1.82) is 0 Å². The number of imide groups is 1. The first kappa shape index (κ1) is 17.8. The summed E-state index contributed by atoms with van der Waals surface area (Å²) in [6.45, 7) is 1.55. The average molecular weight is 289 g/mol. The molecule has 0 rings (SSSR count). The number of carbonyl (C=O) groups is 4. The SMILES string of the molecule is CC(CC(=O)O)CC(=O)NC(=O)NCCOCC(N)=O. The number of carboxylic acids is 1. The van der Waals surface area contributed by atoms with Gasteiger partial charge in [0.05, 0.1) is 6.61 Å². The minimum absolute atomic E-state index is 0.0576. The van der Waals surface area contributed by atoms with Crippen molar-refractivity contribution >= 4 is 23.8 Å². The largest absolute Gasteiger partial charge is 0.481 e. The smallest absolute Gasteiger partial charge is 0.321 e. The maximum Gasteiger partial charge on any atom is 0.321 e. The molecule has 0 aliphatic rings. The molecule has 0 spiro atoms. The van der Waals surface area contributed by atoms with E-state index in [1.165, 1.54) is 0 Å². The zero-order valence-corrected chi connectivity index (χ0v) is 11.2. The lowest BCUT2D eigenvalue weighted by Gasteiger charge is -2.09. The molecule has 1 atom stereocenters. The predicted octanol–water partition coefficient (Wildman–Crippen LogP) is -1.18. The molecule has 9 heteroatoms. The van der Waals surface area contributed by atoms with Crippen LogP contribution in [0.1, 0.15) is 19.8 Å². The van der Waals surface area contributed by atoms with E-state index in [0.717, 1.165) is 0 Å². The van der Waals surface area contributed by atoms with Gasteiger partial charge in [0.15, 0.2) is 0 Å². The first-order valence-electron chi connectivity index (χ1n) is 5.96. The molecule has 0 bridgehead atoms. The minimum atomic E-state index is -0.999. The van der Waals surface area contributed by atoms with E-state index in [4.69, 9.17) is 15.6 Å². The van der Waals surface area contributed by atoms with Crippen molar-refractivity contribution in [3.63, 3.8) is 0 Å². The molecule has 20 heavy (non-hydrogen) atoms. The summed E-state index contributed by atoms with van der Waals surface area (Å²) in [5, 5.41) is 12.9. The molecule has 0 heterocycles. The average Bonchev–Trinajstić information content (AvgIpc) is 2.25. The summed E-state index contributed by atoms with van der Waals surface area (Å²) in [5.74, 6) is -2.54. The van der Waals surface area contributed by atoms with Gasteiger partial charge in [-0.1, -0.05) is 6.92 Å². The summed E-state index contributed by atoms with van der Waals surface area (Å²) in [5.41, 5.74) is 4.83. The second-order valence-corrected chi connectivity index (χ2v) is 4.23. The number of carboxylic acid groups (broad SMARTS) is 1. The lowest BCUT2D eigenvalue weighted by molar-refractivity contribution is -0.138. The van der Waals surface area contributed by atoms with Crippen molar-refractivity contribution < 1.29 is 29.0 Å². The monoisotopic (exact) mass is 289 g/mol. The molecule has 4 amide bonds. The Hall–Kier alpha value is -2.16. The fourth-order valence-electron chi connectivity index (χ4n) is 1.32. The van der Waals surface area contributed by atoms with Crippen LogP contribution >= 0.6 is 0 Å². The fourth-order valence-corrected chi connectivity index (χ4v) is 1.32. The van der Waals surface area contributed by atoms with Crippen LogP contribution < -0.4 is 16.4 Å². The van der Waals surface area contributed by atoms with E-state index in [-0.39, 0.29) is 38.5 Å². The number of aliphatic carboxylic acids is 1. The van der Waals surface area contributed by atoms with Crippen LogP contribution in [0.5, 0.6) is 0 Å². The normalized spacial score (nSPS) is 11.4. The van der Waals surface area contributed by atoms with E-state index < -0.39 is 23.8 Å². The summed E-state index contributed by atoms with van der Waals surface area (Å²) in [6.07, 6.45) is -0.201. The van der Waals surface area contributed by atoms with Crippen LogP contribution in [0.15, 0.2) is 0 Å². The number of rotatable bonds is 9. The van der Waals surface area contributed by atoms with Crippen molar-refractivity contribution in [2.75, 3.05) is 19.8 Å². The Kier molecular flexibility index (Phi) is 8.68. The Labute approximate surface area is 115 Å². The molecule has 0 radical (unpaired) electrons. The molecule has 9 nitrogen and oxygen atoms in total. The van der Waals surface area contributed by atoms with E-state index in [2.05, 4.69) is 10.6 Å². The van der Waals surface area contributed by atoms with Gasteiger partial charge in [-0.2, -0.15) is 0 Å². The van der Waals surface area contributed by atoms with E-state index >= 15 is 0 Å². The van der Waals surface area contributed by atoms with Gasteiger partial charge in [-0.3, -0.25) is 19.7 Å². The molecule has 1 unspecified atom stereocenters. The first-order chi connectivity index (χ1) is 9.31. The highest BCUT2D eigenvalue weighted by molar-refractivity contribution is 5.94. The second-order valence-electron chi connectivity index (χ2n) is 4.23. The molecule has 114 valence electrons. The van der Waals surface area contributed by atoms with Gasteiger partial charge in [0.25, 0.3) is 0 Å². The summed E-state index contributed by atoms with van der Waals surface area (Å²) in [6, 6.07) is -0.708. The highest BCUT2D eigenvalue weighted by Crippen LogP contribution is 2.06. The molecule has 5 N–H and O–H groups in total. The highest BCUT2D eigenvalue weighted by Gasteiger charge is 2.14. The molecular weight excluding hydrogens is 270 g/mol. The predicted molar refractivity (Wildman–Crippen MR) is 67.6 cm³/mol. The van der Waals surface area contributed by atoms with Gasteiger partial charge in [0.1, 0.15) is 6.61 Å². The number of hydrogen-bond donors (Lipinski definition) is 4. The standard InChI is InChI=1S/C11H19N3O6/c1-7(5-10(17)18)4-9(16)14-11(19)13-2-3-20-6-8(12)15/h7H,2-6H2,1H3,(H2,12,15)(H,17,18)(H2,13,14,16,19). The van der Waals surface area contributed by atoms with Gasteiger partial charge in [-0.05, 0) is 5.92 Å². The maximum atomic E-state index is 11.4. The number of ether oxygens (including phenoxy) is 1. The lowest BCUT2D eigenvalue weighted by Crippen LogP contribution is -2.41. The Morgan fingerprint density at radius 3 is 2.45 bits per heavy atom. The maximum absolute atomic E-state index is 11.4. The van der Waals surface area contributed by atoms with Crippen molar-refractivity contribution in [2.24, 2.45) is 11.7 Å². The van der Waals surface area contributed by atoms with E-state index in [9.17, 15) is 19.2 Å². The van der Waals surface area contributed by atoms with E-state index in [0.29, 0.717) is 0 Å². The molecule has 0 aromatic heterocycles. The Morgan fingerprint density at radius 1 is 1.25 bits per heavy atom.